The lowest BCUT2D eigenvalue weighted by molar-refractivity contribution is 1.10. The Labute approximate surface area is 191 Å². The molecular weight excluding hydrogens is 408 g/mol. The Morgan fingerprint density at radius 2 is 1.82 bits per heavy atom. The predicted octanol–water partition coefficient (Wildman–Crippen LogP) is 5.57. The number of pyridine rings is 2. The highest BCUT2D eigenvalue weighted by atomic mass is 15.1. The van der Waals surface area contributed by atoms with Gasteiger partial charge in [0.2, 0.25) is 0 Å². The van der Waals surface area contributed by atoms with Gasteiger partial charge in [-0.2, -0.15) is 10.4 Å². The fourth-order valence-corrected chi connectivity index (χ4v) is 3.76. The van der Waals surface area contributed by atoms with Crippen LogP contribution in [-0.2, 0) is 6.42 Å². The van der Waals surface area contributed by atoms with Gasteiger partial charge in [0, 0.05) is 23.3 Å². The van der Waals surface area contributed by atoms with E-state index < -0.39 is 0 Å². The molecule has 3 heterocycles. The molecule has 0 unspecified atom stereocenters. The van der Waals surface area contributed by atoms with E-state index >= 15 is 0 Å². The Bertz CT molecular complexity index is 1480. The largest absolute Gasteiger partial charge is 0.353 e. The SMILES string of the molecule is C=C(Nc1ccc(C#N)nc1)c1n[nH]c2ccc(-c3cncc(Cc4ccccc4)c3)cc12. The van der Waals surface area contributed by atoms with Crippen molar-refractivity contribution in [3.63, 3.8) is 0 Å². The molecule has 5 aromatic rings. The summed E-state index contributed by atoms with van der Waals surface area (Å²) in [5.41, 5.74) is 7.91. The Kier molecular flexibility index (Phi) is 5.36. The van der Waals surface area contributed by atoms with Crippen molar-refractivity contribution in [1.82, 2.24) is 20.2 Å². The number of anilines is 1. The molecule has 33 heavy (non-hydrogen) atoms. The van der Waals surface area contributed by atoms with Gasteiger partial charge in [-0.3, -0.25) is 10.1 Å². The summed E-state index contributed by atoms with van der Waals surface area (Å²) in [7, 11) is 0. The summed E-state index contributed by atoms with van der Waals surface area (Å²) >= 11 is 0. The van der Waals surface area contributed by atoms with Crippen LogP contribution in [0.3, 0.4) is 0 Å². The van der Waals surface area contributed by atoms with Crippen LogP contribution in [0, 0.1) is 11.3 Å². The molecule has 0 fully saturated rings. The zero-order valence-electron chi connectivity index (χ0n) is 17.8. The van der Waals surface area contributed by atoms with Crippen molar-refractivity contribution >= 4 is 22.3 Å². The molecule has 6 nitrogen and oxygen atoms in total. The van der Waals surface area contributed by atoms with Gasteiger partial charge in [-0.05, 0) is 53.4 Å². The molecule has 0 atom stereocenters. The first-order valence-corrected chi connectivity index (χ1v) is 10.5. The van der Waals surface area contributed by atoms with Crippen LogP contribution in [0.25, 0.3) is 27.7 Å². The number of aromatic amines is 1. The molecule has 0 saturated carbocycles. The third-order valence-corrected chi connectivity index (χ3v) is 5.40. The summed E-state index contributed by atoms with van der Waals surface area (Å²) in [6, 6.07) is 24.2. The average molecular weight is 428 g/mol. The quantitative estimate of drug-likeness (QED) is 0.369. The number of nitriles is 1. The van der Waals surface area contributed by atoms with Gasteiger partial charge in [0.25, 0.3) is 0 Å². The standard InChI is InChI=1S/C27H20N6/c1-18(31-24-9-8-23(14-28)30-17-24)27-25-13-21(7-10-26(25)32-33-27)22-12-20(15-29-16-22)11-19-5-3-2-4-6-19/h2-10,12-13,15-17,31H,1,11H2,(H,32,33). The highest BCUT2D eigenvalue weighted by Crippen LogP contribution is 2.29. The summed E-state index contributed by atoms with van der Waals surface area (Å²) in [6.45, 7) is 4.15. The predicted molar refractivity (Wildman–Crippen MR) is 130 cm³/mol. The third kappa shape index (κ3) is 4.34. The summed E-state index contributed by atoms with van der Waals surface area (Å²) < 4.78 is 0. The lowest BCUT2D eigenvalue weighted by Crippen LogP contribution is -1.99. The van der Waals surface area contributed by atoms with E-state index in [1.165, 1.54) is 5.56 Å². The van der Waals surface area contributed by atoms with Gasteiger partial charge < -0.3 is 5.32 Å². The van der Waals surface area contributed by atoms with Gasteiger partial charge >= 0.3 is 0 Å². The Morgan fingerprint density at radius 1 is 0.939 bits per heavy atom. The van der Waals surface area contributed by atoms with Gasteiger partial charge in [-0.15, -0.1) is 0 Å². The fraction of sp³-hybridized carbons (Fsp3) is 0.0370. The number of hydrogen-bond acceptors (Lipinski definition) is 5. The monoisotopic (exact) mass is 428 g/mol. The maximum absolute atomic E-state index is 8.92. The molecule has 0 saturated heterocycles. The summed E-state index contributed by atoms with van der Waals surface area (Å²) in [5.74, 6) is 0. The fourth-order valence-electron chi connectivity index (χ4n) is 3.76. The van der Waals surface area contributed by atoms with E-state index in [1.807, 2.05) is 30.6 Å². The second-order valence-corrected chi connectivity index (χ2v) is 7.72. The molecule has 0 bridgehead atoms. The summed E-state index contributed by atoms with van der Waals surface area (Å²) in [6.07, 6.45) is 6.23. The number of nitrogens with zero attached hydrogens (tertiary/aromatic N) is 4. The van der Waals surface area contributed by atoms with Crippen molar-refractivity contribution in [2.45, 2.75) is 6.42 Å². The maximum Gasteiger partial charge on any atom is 0.140 e. The molecular formula is C27H20N6. The first kappa shape index (κ1) is 20.2. The number of nitrogens with one attached hydrogen (secondary N) is 2. The lowest BCUT2D eigenvalue weighted by Gasteiger charge is -2.09. The summed E-state index contributed by atoms with van der Waals surface area (Å²) in [5, 5.41) is 20.6. The summed E-state index contributed by atoms with van der Waals surface area (Å²) in [4.78, 5) is 8.56. The van der Waals surface area contributed by atoms with Crippen LogP contribution < -0.4 is 5.32 Å². The van der Waals surface area contributed by atoms with Gasteiger partial charge in [0.15, 0.2) is 0 Å². The molecule has 0 spiro atoms. The second-order valence-electron chi connectivity index (χ2n) is 7.72. The van der Waals surface area contributed by atoms with Gasteiger partial charge in [0.1, 0.15) is 17.5 Å². The molecule has 0 amide bonds. The van der Waals surface area contributed by atoms with Crippen LogP contribution >= 0.6 is 0 Å². The van der Waals surface area contributed by atoms with E-state index in [2.05, 4.69) is 74.5 Å². The molecule has 0 radical (unpaired) electrons. The number of fused-ring (bicyclic) bond motifs is 1. The van der Waals surface area contributed by atoms with Crippen LogP contribution in [0.15, 0.2) is 91.9 Å². The maximum atomic E-state index is 8.92. The van der Waals surface area contributed by atoms with E-state index in [0.717, 1.165) is 45.4 Å². The highest BCUT2D eigenvalue weighted by Gasteiger charge is 2.12. The minimum atomic E-state index is 0.365. The van der Waals surface area contributed by atoms with Crippen LogP contribution in [0.2, 0.25) is 0 Å². The zero-order chi connectivity index (χ0) is 22.6. The number of benzene rings is 2. The molecule has 3 aromatic heterocycles. The molecule has 6 heteroatoms. The molecule has 0 aliphatic carbocycles. The first-order valence-electron chi connectivity index (χ1n) is 10.5. The van der Waals surface area contributed by atoms with Crippen molar-refractivity contribution in [2.24, 2.45) is 0 Å². The number of hydrogen-bond donors (Lipinski definition) is 2. The minimum absolute atomic E-state index is 0.365. The van der Waals surface area contributed by atoms with Crippen LogP contribution in [0.5, 0.6) is 0 Å². The van der Waals surface area contributed by atoms with Gasteiger partial charge in [-0.25, -0.2) is 4.98 Å². The van der Waals surface area contributed by atoms with Crippen LogP contribution in [-0.4, -0.2) is 20.2 Å². The second kappa shape index (κ2) is 8.77. The zero-order valence-corrected chi connectivity index (χ0v) is 17.8. The molecule has 0 aliphatic heterocycles. The molecule has 0 aliphatic rings. The van der Waals surface area contributed by atoms with E-state index in [4.69, 9.17) is 5.26 Å². The molecule has 2 N–H and O–H groups in total. The first-order chi connectivity index (χ1) is 16.2. The van der Waals surface area contributed by atoms with Gasteiger partial charge in [-0.1, -0.05) is 43.0 Å². The molecule has 5 rings (SSSR count). The Balaban J connectivity index is 1.43. The minimum Gasteiger partial charge on any atom is -0.353 e. The average Bonchev–Trinajstić information content (AvgIpc) is 3.29. The number of H-pyrrole nitrogens is 1. The normalized spacial score (nSPS) is 10.6. The topological polar surface area (TPSA) is 90.3 Å². The van der Waals surface area contributed by atoms with Gasteiger partial charge in [0.05, 0.1) is 23.1 Å². The highest BCUT2D eigenvalue weighted by molar-refractivity contribution is 5.95. The van der Waals surface area contributed by atoms with E-state index in [0.29, 0.717) is 11.4 Å². The van der Waals surface area contributed by atoms with Crippen molar-refractivity contribution in [3.05, 3.63) is 114 Å². The van der Waals surface area contributed by atoms with Crippen LogP contribution in [0.4, 0.5) is 5.69 Å². The molecule has 2 aromatic carbocycles. The molecule has 158 valence electrons. The van der Waals surface area contributed by atoms with E-state index in [9.17, 15) is 0 Å². The van der Waals surface area contributed by atoms with Crippen molar-refractivity contribution in [3.8, 4) is 17.2 Å². The van der Waals surface area contributed by atoms with Crippen LogP contribution in [0.1, 0.15) is 22.5 Å². The number of aromatic nitrogens is 4. The van der Waals surface area contributed by atoms with E-state index in [-0.39, 0.29) is 0 Å². The Hall–Kier alpha value is -4.76. The van der Waals surface area contributed by atoms with Crippen molar-refractivity contribution < 1.29 is 0 Å². The number of rotatable bonds is 6. The van der Waals surface area contributed by atoms with Crippen molar-refractivity contribution in [1.29, 1.82) is 5.26 Å². The Morgan fingerprint density at radius 3 is 2.61 bits per heavy atom. The third-order valence-electron chi connectivity index (χ3n) is 5.40. The lowest BCUT2D eigenvalue weighted by atomic mass is 10.0. The smallest absolute Gasteiger partial charge is 0.140 e. The van der Waals surface area contributed by atoms with E-state index in [1.54, 1.807) is 18.3 Å². The van der Waals surface area contributed by atoms with Crippen molar-refractivity contribution in [2.75, 3.05) is 5.32 Å².